The summed E-state index contributed by atoms with van der Waals surface area (Å²) in [5.74, 6) is -0.566. The Bertz CT molecular complexity index is 830. The van der Waals surface area contributed by atoms with Crippen molar-refractivity contribution in [1.82, 2.24) is 9.97 Å². The van der Waals surface area contributed by atoms with Gasteiger partial charge in [0.25, 0.3) is 5.91 Å². The number of carbonyl (C=O) groups excluding carboxylic acids is 1. The van der Waals surface area contributed by atoms with E-state index in [0.29, 0.717) is 16.2 Å². The smallest absolute Gasteiger partial charge is 0.273 e. The molecule has 0 saturated carbocycles. The van der Waals surface area contributed by atoms with E-state index in [4.69, 9.17) is 0 Å². The van der Waals surface area contributed by atoms with Crippen LogP contribution in [0.15, 0.2) is 24.3 Å². The number of halogens is 1. The van der Waals surface area contributed by atoms with Crippen LogP contribution in [0.25, 0.3) is 10.9 Å². The molecule has 1 aliphatic carbocycles. The molecule has 0 aliphatic heterocycles. The zero-order chi connectivity index (χ0) is 14.4. The number of aromatic nitrogens is 2. The van der Waals surface area contributed by atoms with Crippen molar-refractivity contribution >= 4 is 33.3 Å². The Kier molecular flexibility index (Phi) is 2.78. The van der Waals surface area contributed by atoms with Crippen LogP contribution in [0, 0.1) is 5.82 Å². The number of carbonyl (C=O) groups is 1. The molecule has 0 saturated heterocycles. The van der Waals surface area contributed by atoms with Crippen molar-refractivity contribution in [2.45, 2.75) is 19.3 Å². The average molecular weight is 301 g/mol. The second kappa shape index (κ2) is 4.66. The molecule has 0 fully saturated rings. The minimum atomic E-state index is -0.315. The Balaban J connectivity index is 1.60. The van der Waals surface area contributed by atoms with Gasteiger partial charge < -0.3 is 4.98 Å². The maximum absolute atomic E-state index is 13.2. The van der Waals surface area contributed by atoms with Crippen LogP contribution < -0.4 is 5.32 Å². The molecule has 0 unspecified atom stereocenters. The first-order valence-electron chi connectivity index (χ1n) is 6.77. The molecule has 0 atom stereocenters. The molecule has 1 amide bonds. The molecule has 3 aromatic rings. The van der Waals surface area contributed by atoms with Gasteiger partial charge in [-0.2, -0.15) is 0 Å². The monoisotopic (exact) mass is 301 g/mol. The zero-order valence-corrected chi connectivity index (χ0v) is 11.9. The molecule has 4 nitrogen and oxygen atoms in total. The summed E-state index contributed by atoms with van der Waals surface area (Å²) in [6.07, 6.45) is 3.19. The van der Waals surface area contributed by atoms with E-state index in [-0.39, 0.29) is 11.7 Å². The first-order chi connectivity index (χ1) is 10.2. The Hall–Kier alpha value is -2.21. The molecule has 0 bridgehead atoms. The zero-order valence-electron chi connectivity index (χ0n) is 11.1. The Morgan fingerprint density at radius 1 is 1.33 bits per heavy atom. The van der Waals surface area contributed by atoms with Gasteiger partial charge in [0.1, 0.15) is 11.5 Å². The van der Waals surface area contributed by atoms with E-state index in [9.17, 15) is 9.18 Å². The second-order valence-electron chi connectivity index (χ2n) is 5.11. The van der Waals surface area contributed by atoms with E-state index in [2.05, 4.69) is 15.3 Å². The Labute approximate surface area is 124 Å². The number of fused-ring (bicyclic) bond motifs is 2. The average Bonchev–Trinajstić information content (AvgIpc) is 3.10. The van der Waals surface area contributed by atoms with Crippen molar-refractivity contribution in [3.63, 3.8) is 0 Å². The van der Waals surface area contributed by atoms with Gasteiger partial charge in [-0.3, -0.25) is 10.1 Å². The minimum absolute atomic E-state index is 0.251. The maximum atomic E-state index is 13.2. The molecular formula is C15H12FN3OS. The lowest BCUT2D eigenvalue weighted by molar-refractivity contribution is 0.102. The van der Waals surface area contributed by atoms with Gasteiger partial charge >= 0.3 is 0 Å². The lowest BCUT2D eigenvalue weighted by Gasteiger charge is -1.98. The summed E-state index contributed by atoms with van der Waals surface area (Å²) < 4.78 is 13.2. The number of nitrogens with zero attached hydrogens (tertiary/aromatic N) is 1. The van der Waals surface area contributed by atoms with Crippen LogP contribution in [0.4, 0.5) is 9.52 Å². The van der Waals surface area contributed by atoms with Gasteiger partial charge in [-0.05, 0) is 43.5 Å². The van der Waals surface area contributed by atoms with Crippen LogP contribution >= 0.6 is 11.3 Å². The van der Waals surface area contributed by atoms with Crippen molar-refractivity contribution in [3.8, 4) is 0 Å². The fourth-order valence-electron chi connectivity index (χ4n) is 2.63. The van der Waals surface area contributed by atoms with Crippen molar-refractivity contribution < 1.29 is 9.18 Å². The highest BCUT2D eigenvalue weighted by atomic mass is 32.1. The number of benzene rings is 1. The van der Waals surface area contributed by atoms with Gasteiger partial charge in [0, 0.05) is 15.8 Å². The number of rotatable bonds is 2. The normalized spacial score (nSPS) is 13.6. The third-order valence-corrected chi connectivity index (χ3v) is 4.72. The summed E-state index contributed by atoms with van der Waals surface area (Å²) in [5.41, 5.74) is 2.25. The van der Waals surface area contributed by atoms with Crippen molar-refractivity contribution in [2.24, 2.45) is 0 Å². The van der Waals surface area contributed by atoms with Gasteiger partial charge in [-0.25, -0.2) is 9.37 Å². The number of H-pyrrole nitrogens is 1. The van der Waals surface area contributed by atoms with Crippen LogP contribution in [0.1, 0.15) is 27.5 Å². The molecule has 0 radical (unpaired) electrons. The third-order valence-electron chi connectivity index (χ3n) is 3.64. The van der Waals surface area contributed by atoms with Crippen LogP contribution in [0.3, 0.4) is 0 Å². The summed E-state index contributed by atoms with van der Waals surface area (Å²) in [6.45, 7) is 0. The van der Waals surface area contributed by atoms with Gasteiger partial charge in [-0.15, -0.1) is 11.3 Å². The van der Waals surface area contributed by atoms with Gasteiger partial charge in [0.2, 0.25) is 0 Å². The molecule has 4 rings (SSSR count). The Morgan fingerprint density at radius 3 is 3.10 bits per heavy atom. The highest BCUT2D eigenvalue weighted by Crippen LogP contribution is 2.30. The van der Waals surface area contributed by atoms with E-state index >= 15 is 0 Å². The minimum Gasteiger partial charge on any atom is -0.351 e. The highest BCUT2D eigenvalue weighted by molar-refractivity contribution is 7.15. The number of anilines is 1. The number of amides is 1. The molecule has 1 aliphatic rings. The first-order valence-corrected chi connectivity index (χ1v) is 7.59. The van der Waals surface area contributed by atoms with Crippen molar-refractivity contribution in [1.29, 1.82) is 0 Å². The molecule has 1 aromatic carbocycles. The quantitative estimate of drug-likeness (QED) is 0.761. The van der Waals surface area contributed by atoms with E-state index in [1.54, 1.807) is 12.1 Å². The van der Waals surface area contributed by atoms with Crippen molar-refractivity contribution in [3.05, 3.63) is 46.3 Å². The number of aromatic amines is 1. The fraction of sp³-hybridized carbons (Fsp3) is 0.200. The SMILES string of the molecule is O=C(Nc1nc2c(s1)CCC2)c1cc2cc(F)ccc2[nH]1. The molecule has 2 heterocycles. The van der Waals surface area contributed by atoms with Gasteiger partial charge in [-0.1, -0.05) is 0 Å². The molecule has 6 heteroatoms. The first kappa shape index (κ1) is 12.5. The number of hydrogen-bond donors (Lipinski definition) is 2. The summed E-state index contributed by atoms with van der Waals surface area (Å²) >= 11 is 1.54. The van der Waals surface area contributed by atoms with Gasteiger partial charge in [0.05, 0.1) is 5.69 Å². The summed E-state index contributed by atoms with van der Waals surface area (Å²) in [6, 6.07) is 6.04. The van der Waals surface area contributed by atoms with Crippen molar-refractivity contribution in [2.75, 3.05) is 5.32 Å². The van der Waals surface area contributed by atoms with E-state index in [0.717, 1.165) is 30.5 Å². The summed E-state index contributed by atoms with van der Waals surface area (Å²) in [4.78, 5) is 20.9. The molecule has 106 valence electrons. The van der Waals surface area contributed by atoms with Crippen LogP contribution in [-0.2, 0) is 12.8 Å². The maximum Gasteiger partial charge on any atom is 0.273 e. The number of thiazole rings is 1. The molecule has 21 heavy (non-hydrogen) atoms. The van der Waals surface area contributed by atoms with E-state index in [1.807, 2.05) is 0 Å². The van der Waals surface area contributed by atoms with Gasteiger partial charge in [0.15, 0.2) is 5.13 Å². The summed E-state index contributed by atoms with van der Waals surface area (Å²) in [7, 11) is 0. The lowest BCUT2D eigenvalue weighted by atomic mass is 10.2. The molecule has 2 N–H and O–H groups in total. The van der Waals surface area contributed by atoms with E-state index < -0.39 is 0 Å². The standard InChI is InChI=1S/C15H12FN3OS/c16-9-4-5-10-8(6-9)7-12(17-10)14(20)19-15-18-11-2-1-3-13(11)21-15/h4-7,17H,1-3H2,(H,18,19,20). The topological polar surface area (TPSA) is 57.8 Å². The second-order valence-corrected chi connectivity index (χ2v) is 6.19. The third kappa shape index (κ3) is 2.21. The predicted octanol–water partition coefficient (Wildman–Crippen LogP) is 3.50. The fourth-order valence-corrected chi connectivity index (χ4v) is 3.68. The molecule has 2 aromatic heterocycles. The van der Waals surface area contributed by atoms with Crippen LogP contribution in [-0.4, -0.2) is 15.9 Å². The Morgan fingerprint density at radius 2 is 2.24 bits per heavy atom. The number of nitrogens with one attached hydrogen (secondary N) is 2. The van der Waals surface area contributed by atoms with E-state index in [1.165, 1.54) is 28.3 Å². The van der Waals surface area contributed by atoms with Crippen LogP contribution in [0.5, 0.6) is 0 Å². The van der Waals surface area contributed by atoms with Crippen LogP contribution in [0.2, 0.25) is 0 Å². The summed E-state index contributed by atoms with van der Waals surface area (Å²) in [5, 5.41) is 4.12. The number of hydrogen-bond acceptors (Lipinski definition) is 3. The lowest BCUT2D eigenvalue weighted by Crippen LogP contribution is -2.12. The molecule has 0 spiro atoms. The largest absolute Gasteiger partial charge is 0.351 e. The highest BCUT2D eigenvalue weighted by Gasteiger charge is 2.18. The number of aryl methyl sites for hydroxylation is 2. The molecular weight excluding hydrogens is 289 g/mol. The predicted molar refractivity (Wildman–Crippen MR) is 80.3 cm³/mol.